The van der Waals surface area contributed by atoms with Gasteiger partial charge in [0.05, 0.1) is 6.10 Å². The average molecular weight is 263 g/mol. The fourth-order valence-electron chi connectivity index (χ4n) is 1.44. The summed E-state index contributed by atoms with van der Waals surface area (Å²) in [5, 5.41) is 9.60. The Hall–Kier alpha value is -0.0600. The normalized spacial score (nSPS) is 21.3. The van der Waals surface area contributed by atoms with Gasteiger partial charge in [0.2, 0.25) is 0 Å². The molecule has 0 unspecified atom stereocenters. The molecule has 13 heavy (non-hydrogen) atoms. The van der Waals surface area contributed by atoms with Gasteiger partial charge in [-0.3, -0.25) is 0 Å². The highest BCUT2D eigenvalue weighted by atomic mass is 79.9. The van der Waals surface area contributed by atoms with Gasteiger partial charge < -0.3 is 5.11 Å². The van der Waals surface area contributed by atoms with Gasteiger partial charge in [0.1, 0.15) is 5.82 Å². The minimum atomic E-state index is -0.527. The summed E-state index contributed by atoms with van der Waals surface area (Å²) in [4.78, 5) is 0. The molecule has 0 saturated heterocycles. The predicted octanol–water partition coefficient (Wildman–Crippen LogP) is 2.87. The Morgan fingerprint density at radius 2 is 2.31 bits per heavy atom. The molecule has 1 aromatic rings. The molecule has 0 amide bonds. The van der Waals surface area contributed by atoms with E-state index in [1.807, 2.05) is 0 Å². The van der Waals surface area contributed by atoms with Crippen LogP contribution in [0.5, 0.6) is 0 Å². The summed E-state index contributed by atoms with van der Waals surface area (Å²) in [6, 6.07) is 3.24. The van der Waals surface area contributed by atoms with Crippen LogP contribution in [-0.4, -0.2) is 10.9 Å². The summed E-state index contributed by atoms with van der Waals surface area (Å²) in [5.41, 5.74) is 1.37. The Morgan fingerprint density at radius 1 is 1.54 bits per heavy atom. The van der Waals surface area contributed by atoms with Crippen LogP contribution in [0.1, 0.15) is 17.2 Å². The second-order valence-corrected chi connectivity index (χ2v) is 4.93. The number of hydrogen-bond acceptors (Lipinski definition) is 2. The van der Waals surface area contributed by atoms with Crippen molar-refractivity contribution >= 4 is 27.7 Å². The number of thioether (sulfide) groups is 1. The Morgan fingerprint density at radius 3 is 3.08 bits per heavy atom. The first-order chi connectivity index (χ1) is 6.18. The quantitative estimate of drug-likeness (QED) is 0.776. The van der Waals surface area contributed by atoms with Crippen molar-refractivity contribution < 1.29 is 9.50 Å². The lowest BCUT2D eigenvalue weighted by Crippen LogP contribution is -2.11. The number of fused-ring (bicyclic) bond motifs is 1. The van der Waals surface area contributed by atoms with E-state index in [0.29, 0.717) is 21.5 Å². The molecule has 1 nitrogen and oxygen atoms in total. The first-order valence-corrected chi connectivity index (χ1v) is 5.87. The maximum Gasteiger partial charge on any atom is 0.128 e. The van der Waals surface area contributed by atoms with Gasteiger partial charge in [0.25, 0.3) is 0 Å². The molecule has 0 spiro atoms. The van der Waals surface area contributed by atoms with Gasteiger partial charge in [0, 0.05) is 21.5 Å². The highest BCUT2D eigenvalue weighted by Gasteiger charge is 2.21. The molecule has 2 rings (SSSR count). The zero-order valence-corrected chi connectivity index (χ0v) is 9.16. The maximum atomic E-state index is 13.4. The summed E-state index contributed by atoms with van der Waals surface area (Å²) < 4.78 is 14.0. The van der Waals surface area contributed by atoms with Crippen LogP contribution in [0.4, 0.5) is 4.39 Å². The summed E-state index contributed by atoms with van der Waals surface area (Å²) in [7, 11) is 0. The van der Waals surface area contributed by atoms with Crippen molar-refractivity contribution in [1.82, 2.24) is 0 Å². The van der Waals surface area contributed by atoms with Gasteiger partial charge in [-0.05, 0) is 17.7 Å². The maximum absolute atomic E-state index is 13.4. The molecule has 1 atom stereocenters. The number of aliphatic hydroxyl groups excluding tert-OH is 1. The monoisotopic (exact) mass is 262 g/mol. The van der Waals surface area contributed by atoms with E-state index in [-0.39, 0.29) is 5.82 Å². The molecule has 1 heterocycles. The highest BCUT2D eigenvalue weighted by Crippen LogP contribution is 2.34. The van der Waals surface area contributed by atoms with Gasteiger partial charge in [-0.25, -0.2) is 4.39 Å². The minimum absolute atomic E-state index is 0.226. The van der Waals surface area contributed by atoms with Gasteiger partial charge in [-0.1, -0.05) is 15.9 Å². The first kappa shape index (κ1) is 9.49. The molecule has 0 fully saturated rings. The molecule has 1 aromatic carbocycles. The third kappa shape index (κ3) is 1.75. The van der Waals surface area contributed by atoms with Crippen LogP contribution in [0.15, 0.2) is 16.6 Å². The number of aliphatic hydroxyl groups is 1. The van der Waals surface area contributed by atoms with Crippen LogP contribution in [0.2, 0.25) is 0 Å². The van der Waals surface area contributed by atoms with E-state index in [1.54, 1.807) is 17.8 Å². The lowest BCUT2D eigenvalue weighted by Gasteiger charge is -2.21. The smallest absolute Gasteiger partial charge is 0.128 e. The molecule has 70 valence electrons. The Labute approximate surface area is 88.5 Å². The second-order valence-electron chi connectivity index (χ2n) is 2.99. The van der Waals surface area contributed by atoms with Crippen molar-refractivity contribution in [1.29, 1.82) is 0 Å². The standard InChI is InChI=1S/C9H8BrFOS/c10-5-1-6-7(8(11)2-5)3-13-4-9(6)12/h1-2,9,12H,3-4H2/t9-/m1/s1. The number of benzene rings is 1. The Kier molecular flexibility index (Phi) is 2.62. The molecule has 1 aliphatic heterocycles. The van der Waals surface area contributed by atoms with Crippen molar-refractivity contribution in [2.75, 3.05) is 5.75 Å². The molecule has 1 N–H and O–H groups in total. The zero-order valence-electron chi connectivity index (χ0n) is 6.76. The van der Waals surface area contributed by atoms with Crippen molar-refractivity contribution in [2.45, 2.75) is 11.9 Å². The van der Waals surface area contributed by atoms with E-state index < -0.39 is 6.10 Å². The van der Waals surface area contributed by atoms with Crippen LogP contribution in [0.25, 0.3) is 0 Å². The van der Waals surface area contributed by atoms with Crippen LogP contribution in [0, 0.1) is 5.82 Å². The van der Waals surface area contributed by atoms with Crippen molar-refractivity contribution in [2.24, 2.45) is 0 Å². The Bertz CT molecular complexity index is 343. The fraction of sp³-hybridized carbons (Fsp3) is 0.333. The summed E-state index contributed by atoms with van der Waals surface area (Å²) in [6.45, 7) is 0. The van der Waals surface area contributed by atoms with Crippen LogP contribution in [-0.2, 0) is 5.75 Å². The van der Waals surface area contributed by atoms with E-state index in [9.17, 15) is 9.50 Å². The third-order valence-electron chi connectivity index (χ3n) is 2.08. The highest BCUT2D eigenvalue weighted by molar-refractivity contribution is 9.10. The average Bonchev–Trinajstić information content (AvgIpc) is 2.07. The number of halogens is 2. The number of hydrogen-bond donors (Lipinski definition) is 1. The minimum Gasteiger partial charge on any atom is -0.388 e. The van der Waals surface area contributed by atoms with Gasteiger partial charge in [0.15, 0.2) is 0 Å². The topological polar surface area (TPSA) is 20.2 Å². The lowest BCUT2D eigenvalue weighted by molar-refractivity contribution is 0.201. The Balaban J connectivity index is 2.56. The van der Waals surface area contributed by atoms with Crippen molar-refractivity contribution in [3.8, 4) is 0 Å². The van der Waals surface area contributed by atoms with Crippen LogP contribution in [0.3, 0.4) is 0 Å². The van der Waals surface area contributed by atoms with E-state index >= 15 is 0 Å². The van der Waals surface area contributed by atoms with Gasteiger partial charge >= 0.3 is 0 Å². The lowest BCUT2D eigenvalue weighted by atomic mass is 10.0. The van der Waals surface area contributed by atoms with Gasteiger partial charge in [-0.2, -0.15) is 11.8 Å². The van der Waals surface area contributed by atoms with E-state index in [4.69, 9.17) is 0 Å². The van der Waals surface area contributed by atoms with Crippen LogP contribution < -0.4 is 0 Å². The van der Waals surface area contributed by atoms with Crippen molar-refractivity contribution in [3.63, 3.8) is 0 Å². The molecule has 4 heteroatoms. The van der Waals surface area contributed by atoms with Crippen molar-refractivity contribution in [3.05, 3.63) is 33.5 Å². The fourth-order valence-corrected chi connectivity index (χ4v) is 2.91. The van der Waals surface area contributed by atoms with E-state index in [0.717, 1.165) is 5.56 Å². The third-order valence-corrected chi connectivity index (χ3v) is 3.58. The molecule has 0 radical (unpaired) electrons. The molecule has 0 aliphatic carbocycles. The molecule has 0 saturated carbocycles. The van der Waals surface area contributed by atoms with E-state index in [2.05, 4.69) is 15.9 Å². The molecule has 0 aromatic heterocycles. The largest absolute Gasteiger partial charge is 0.388 e. The van der Waals surface area contributed by atoms with Gasteiger partial charge in [-0.15, -0.1) is 0 Å². The number of rotatable bonds is 0. The molecule has 1 aliphatic rings. The second kappa shape index (κ2) is 3.59. The molecular weight excluding hydrogens is 255 g/mol. The summed E-state index contributed by atoms with van der Waals surface area (Å²) in [6.07, 6.45) is -0.527. The first-order valence-electron chi connectivity index (χ1n) is 3.92. The summed E-state index contributed by atoms with van der Waals surface area (Å²) in [5.74, 6) is 1.09. The summed E-state index contributed by atoms with van der Waals surface area (Å²) >= 11 is 4.77. The SMILES string of the molecule is O[C@@H]1CSCc2c(F)cc(Br)cc21. The molecule has 0 bridgehead atoms. The predicted molar refractivity (Wildman–Crippen MR) is 55.2 cm³/mol. The zero-order chi connectivity index (χ0) is 9.42. The molecular formula is C9H8BrFOS. The van der Waals surface area contributed by atoms with E-state index in [1.165, 1.54) is 6.07 Å². The van der Waals surface area contributed by atoms with Crippen LogP contribution >= 0.6 is 27.7 Å².